The number of methoxy groups -OCH3 is 1. The number of carbonyl (C=O) groups excluding carboxylic acids is 1. The third-order valence-electron chi connectivity index (χ3n) is 2.03. The Bertz CT molecular complexity index is 321. The molecule has 82 valence electrons. The molecule has 4 nitrogen and oxygen atoms in total. The zero-order valence-corrected chi connectivity index (χ0v) is 8.90. The number of nitrogens with two attached hydrogens (primary N) is 1. The summed E-state index contributed by atoms with van der Waals surface area (Å²) in [6, 6.07) is 7.01. The monoisotopic (exact) mass is 209 g/mol. The van der Waals surface area contributed by atoms with Gasteiger partial charge in [-0.3, -0.25) is 4.79 Å². The van der Waals surface area contributed by atoms with E-state index in [0.29, 0.717) is 12.2 Å². The first kappa shape index (κ1) is 11.4. The molecule has 0 saturated carbocycles. The Morgan fingerprint density at radius 3 is 2.27 bits per heavy atom. The van der Waals surface area contributed by atoms with E-state index >= 15 is 0 Å². The van der Waals surface area contributed by atoms with Crippen molar-refractivity contribution in [2.45, 2.75) is 19.4 Å². The molecule has 15 heavy (non-hydrogen) atoms. The summed E-state index contributed by atoms with van der Waals surface area (Å²) >= 11 is 0. The normalized spacial score (nSPS) is 11.9. The smallest absolute Gasteiger partial charge is 0.258 e. The van der Waals surface area contributed by atoms with E-state index in [4.69, 9.17) is 15.2 Å². The van der Waals surface area contributed by atoms with Crippen molar-refractivity contribution in [3.8, 4) is 11.5 Å². The van der Waals surface area contributed by atoms with Crippen LogP contribution >= 0.6 is 0 Å². The molecule has 0 saturated heterocycles. The highest BCUT2D eigenvalue weighted by Gasteiger charge is 2.14. The lowest BCUT2D eigenvalue weighted by atomic mass is 10.2. The van der Waals surface area contributed by atoms with E-state index in [9.17, 15) is 4.79 Å². The summed E-state index contributed by atoms with van der Waals surface area (Å²) in [5.74, 6) is 0.907. The Morgan fingerprint density at radius 2 is 1.87 bits per heavy atom. The average molecular weight is 209 g/mol. The van der Waals surface area contributed by atoms with Gasteiger partial charge < -0.3 is 15.2 Å². The maximum Gasteiger partial charge on any atom is 0.258 e. The van der Waals surface area contributed by atoms with Crippen LogP contribution in [0.1, 0.15) is 13.3 Å². The maximum absolute atomic E-state index is 10.9. The summed E-state index contributed by atoms with van der Waals surface area (Å²) < 4.78 is 10.4. The van der Waals surface area contributed by atoms with Crippen molar-refractivity contribution in [2.24, 2.45) is 5.73 Å². The standard InChI is InChI=1S/C11H15NO3/c1-3-10(11(12)13)15-9-6-4-8(14-2)5-7-9/h4-7,10H,3H2,1-2H3,(H2,12,13). The Morgan fingerprint density at radius 1 is 1.33 bits per heavy atom. The predicted molar refractivity (Wildman–Crippen MR) is 56.9 cm³/mol. The summed E-state index contributed by atoms with van der Waals surface area (Å²) in [6.45, 7) is 1.85. The molecule has 4 heteroatoms. The van der Waals surface area contributed by atoms with Gasteiger partial charge in [0.1, 0.15) is 11.5 Å². The van der Waals surface area contributed by atoms with Crippen LogP contribution in [0.3, 0.4) is 0 Å². The highest BCUT2D eigenvalue weighted by molar-refractivity contribution is 5.79. The molecule has 2 N–H and O–H groups in total. The van der Waals surface area contributed by atoms with Crippen LogP contribution in [-0.2, 0) is 4.79 Å². The van der Waals surface area contributed by atoms with Gasteiger partial charge in [0.15, 0.2) is 6.10 Å². The summed E-state index contributed by atoms with van der Waals surface area (Å²) in [4.78, 5) is 10.9. The first-order valence-electron chi connectivity index (χ1n) is 4.77. The van der Waals surface area contributed by atoms with Crippen LogP contribution in [-0.4, -0.2) is 19.1 Å². The zero-order valence-electron chi connectivity index (χ0n) is 8.90. The lowest BCUT2D eigenvalue weighted by Gasteiger charge is -2.13. The number of rotatable bonds is 5. The minimum absolute atomic E-state index is 0.451. The second-order valence-electron chi connectivity index (χ2n) is 3.09. The Kier molecular flexibility index (Phi) is 3.97. The predicted octanol–water partition coefficient (Wildman–Crippen LogP) is 1.34. The van der Waals surface area contributed by atoms with Gasteiger partial charge in [-0.15, -0.1) is 0 Å². The Balaban J connectivity index is 2.67. The maximum atomic E-state index is 10.9. The van der Waals surface area contributed by atoms with Gasteiger partial charge in [-0.25, -0.2) is 0 Å². The van der Waals surface area contributed by atoms with Crippen molar-refractivity contribution in [1.82, 2.24) is 0 Å². The molecule has 1 unspecified atom stereocenters. The highest BCUT2D eigenvalue weighted by Crippen LogP contribution is 2.18. The summed E-state index contributed by atoms with van der Waals surface area (Å²) in [6.07, 6.45) is -0.0140. The number of ether oxygens (including phenoxy) is 2. The summed E-state index contributed by atoms with van der Waals surface area (Å²) in [5, 5.41) is 0. The van der Waals surface area contributed by atoms with Gasteiger partial charge in [0.2, 0.25) is 0 Å². The van der Waals surface area contributed by atoms with Crippen LogP contribution in [0, 0.1) is 0 Å². The van der Waals surface area contributed by atoms with Gasteiger partial charge in [-0.1, -0.05) is 6.92 Å². The first-order valence-corrected chi connectivity index (χ1v) is 4.77. The van der Waals surface area contributed by atoms with Crippen molar-refractivity contribution in [1.29, 1.82) is 0 Å². The molecule has 1 atom stereocenters. The quantitative estimate of drug-likeness (QED) is 0.796. The van der Waals surface area contributed by atoms with Crippen LogP contribution in [0.5, 0.6) is 11.5 Å². The zero-order chi connectivity index (χ0) is 11.3. The lowest BCUT2D eigenvalue weighted by molar-refractivity contribution is -0.124. The molecule has 0 aromatic heterocycles. The third-order valence-corrected chi connectivity index (χ3v) is 2.03. The van der Waals surface area contributed by atoms with Gasteiger partial charge in [-0.2, -0.15) is 0 Å². The van der Waals surface area contributed by atoms with E-state index in [1.165, 1.54) is 0 Å². The average Bonchev–Trinajstić information content (AvgIpc) is 2.26. The van der Waals surface area contributed by atoms with E-state index < -0.39 is 12.0 Å². The van der Waals surface area contributed by atoms with E-state index in [-0.39, 0.29) is 0 Å². The first-order chi connectivity index (χ1) is 7.17. The minimum atomic E-state index is -0.571. The largest absolute Gasteiger partial charge is 0.497 e. The molecule has 1 aromatic carbocycles. The van der Waals surface area contributed by atoms with Crippen molar-refractivity contribution in [2.75, 3.05) is 7.11 Å². The lowest BCUT2D eigenvalue weighted by Crippen LogP contribution is -2.32. The number of primary amides is 1. The molecule has 1 aromatic rings. The molecule has 0 bridgehead atoms. The molecule has 0 fully saturated rings. The fourth-order valence-electron chi connectivity index (χ4n) is 1.16. The minimum Gasteiger partial charge on any atom is -0.497 e. The molecule has 0 spiro atoms. The highest BCUT2D eigenvalue weighted by atomic mass is 16.5. The van der Waals surface area contributed by atoms with E-state index in [0.717, 1.165) is 5.75 Å². The molecule has 1 rings (SSSR count). The van der Waals surface area contributed by atoms with E-state index in [1.54, 1.807) is 31.4 Å². The van der Waals surface area contributed by atoms with Crippen molar-refractivity contribution >= 4 is 5.91 Å². The van der Waals surface area contributed by atoms with E-state index in [2.05, 4.69) is 0 Å². The molecule has 1 amide bonds. The van der Waals surface area contributed by atoms with Crippen LogP contribution in [0.15, 0.2) is 24.3 Å². The molecular weight excluding hydrogens is 194 g/mol. The van der Waals surface area contributed by atoms with Gasteiger partial charge in [0.05, 0.1) is 7.11 Å². The van der Waals surface area contributed by atoms with E-state index in [1.807, 2.05) is 6.92 Å². The number of benzene rings is 1. The Labute approximate surface area is 89.0 Å². The number of carbonyl (C=O) groups is 1. The van der Waals surface area contributed by atoms with Gasteiger partial charge in [0, 0.05) is 0 Å². The number of hydrogen-bond acceptors (Lipinski definition) is 3. The Hall–Kier alpha value is -1.71. The van der Waals surface area contributed by atoms with Gasteiger partial charge in [0.25, 0.3) is 5.91 Å². The molecule has 0 radical (unpaired) electrons. The van der Waals surface area contributed by atoms with Gasteiger partial charge >= 0.3 is 0 Å². The third kappa shape index (κ3) is 3.16. The molecule has 0 aliphatic rings. The van der Waals surface area contributed by atoms with Crippen LogP contribution < -0.4 is 15.2 Å². The SMILES string of the molecule is CCC(Oc1ccc(OC)cc1)C(N)=O. The topological polar surface area (TPSA) is 61.6 Å². The van der Waals surface area contributed by atoms with Gasteiger partial charge in [-0.05, 0) is 30.7 Å². The van der Waals surface area contributed by atoms with Crippen LogP contribution in [0.25, 0.3) is 0 Å². The van der Waals surface area contributed by atoms with Crippen molar-refractivity contribution in [3.63, 3.8) is 0 Å². The molecule has 0 aliphatic heterocycles. The van der Waals surface area contributed by atoms with Crippen LogP contribution in [0.2, 0.25) is 0 Å². The fourth-order valence-corrected chi connectivity index (χ4v) is 1.16. The number of amides is 1. The summed E-state index contributed by atoms with van der Waals surface area (Å²) in [5.41, 5.74) is 5.16. The summed E-state index contributed by atoms with van der Waals surface area (Å²) in [7, 11) is 1.59. The molecular formula is C11H15NO3. The molecule has 0 heterocycles. The van der Waals surface area contributed by atoms with Crippen molar-refractivity contribution < 1.29 is 14.3 Å². The second-order valence-corrected chi connectivity index (χ2v) is 3.09. The number of hydrogen-bond donors (Lipinski definition) is 1. The van der Waals surface area contributed by atoms with Crippen LogP contribution in [0.4, 0.5) is 0 Å². The fraction of sp³-hybridized carbons (Fsp3) is 0.364. The molecule has 0 aliphatic carbocycles. The second kappa shape index (κ2) is 5.24. The van der Waals surface area contributed by atoms with Crippen molar-refractivity contribution in [3.05, 3.63) is 24.3 Å².